The first kappa shape index (κ1) is 10.7. The average Bonchev–Trinajstić information content (AvgIpc) is 2.20. The van der Waals surface area contributed by atoms with Crippen LogP contribution in [0.4, 0.5) is 0 Å². The molecule has 1 rings (SSSR count). The maximum absolute atomic E-state index is 10.2. The lowest BCUT2D eigenvalue weighted by Gasteiger charge is -2.08. The molecule has 0 aliphatic rings. The third-order valence-corrected chi connectivity index (χ3v) is 1.90. The number of ether oxygens (including phenoxy) is 1. The van der Waals surface area contributed by atoms with Gasteiger partial charge in [0, 0.05) is 6.42 Å². The van der Waals surface area contributed by atoms with Gasteiger partial charge in [0.25, 0.3) is 0 Å². The molecule has 0 aromatic heterocycles. The highest BCUT2D eigenvalue weighted by atomic mass is 16.5. The molecule has 0 fully saturated rings. The van der Waals surface area contributed by atoms with Crippen LogP contribution < -0.4 is 4.74 Å². The van der Waals surface area contributed by atoms with Crippen LogP contribution in [-0.2, 0) is 4.79 Å². The van der Waals surface area contributed by atoms with Crippen molar-refractivity contribution >= 4 is 6.29 Å². The summed E-state index contributed by atoms with van der Waals surface area (Å²) in [5, 5.41) is 9.47. The van der Waals surface area contributed by atoms with Crippen LogP contribution in [-0.4, -0.2) is 18.0 Å². The van der Waals surface area contributed by atoms with Gasteiger partial charge in [0.05, 0.1) is 12.7 Å². The molecule has 1 atom stereocenters. The van der Waals surface area contributed by atoms with E-state index < -0.39 is 6.10 Å². The summed E-state index contributed by atoms with van der Waals surface area (Å²) >= 11 is 0. The number of carbonyl (C=O) groups excluding carboxylic acids is 1. The zero-order valence-electron chi connectivity index (χ0n) is 8.14. The fraction of sp³-hybridized carbons (Fsp3) is 0.364. The van der Waals surface area contributed by atoms with Gasteiger partial charge in [0.15, 0.2) is 0 Å². The standard InChI is InChI=1S/C11H14O3/c1-2-14-10-5-3-9(4-6-10)11(13)7-8-12/h3-6,8,11,13H,2,7H2,1H3. The molecule has 1 aromatic carbocycles. The Kier molecular flexibility index (Phi) is 4.13. The highest BCUT2D eigenvalue weighted by molar-refractivity contribution is 5.51. The topological polar surface area (TPSA) is 46.5 Å². The molecule has 0 saturated carbocycles. The number of hydrogen-bond acceptors (Lipinski definition) is 3. The van der Waals surface area contributed by atoms with Crippen molar-refractivity contribution < 1.29 is 14.6 Å². The Morgan fingerprint density at radius 2 is 2.07 bits per heavy atom. The Hall–Kier alpha value is -1.35. The van der Waals surface area contributed by atoms with Crippen LogP contribution in [0.3, 0.4) is 0 Å². The number of aldehydes is 1. The van der Waals surface area contributed by atoms with E-state index in [2.05, 4.69) is 0 Å². The summed E-state index contributed by atoms with van der Waals surface area (Å²) in [6.07, 6.45) is 0.137. The summed E-state index contributed by atoms with van der Waals surface area (Å²) in [5.74, 6) is 0.773. The van der Waals surface area contributed by atoms with Crippen molar-refractivity contribution in [3.63, 3.8) is 0 Å². The molecule has 0 heterocycles. The van der Waals surface area contributed by atoms with Crippen molar-refractivity contribution in [1.82, 2.24) is 0 Å². The van der Waals surface area contributed by atoms with E-state index in [-0.39, 0.29) is 6.42 Å². The minimum atomic E-state index is -0.705. The van der Waals surface area contributed by atoms with Gasteiger partial charge in [0.2, 0.25) is 0 Å². The molecular weight excluding hydrogens is 180 g/mol. The highest BCUT2D eigenvalue weighted by Crippen LogP contribution is 2.19. The molecule has 0 radical (unpaired) electrons. The number of hydrogen-bond donors (Lipinski definition) is 1. The SMILES string of the molecule is CCOc1ccc(C(O)CC=O)cc1. The van der Waals surface area contributed by atoms with Crippen molar-refractivity contribution in [3.8, 4) is 5.75 Å². The fourth-order valence-corrected chi connectivity index (χ4v) is 1.18. The number of carbonyl (C=O) groups is 1. The van der Waals surface area contributed by atoms with E-state index in [1.165, 1.54) is 0 Å². The van der Waals surface area contributed by atoms with Gasteiger partial charge in [-0.05, 0) is 24.6 Å². The fourth-order valence-electron chi connectivity index (χ4n) is 1.18. The van der Waals surface area contributed by atoms with Crippen LogP contribution in [0.25, 0.3) is 0 Å². The molecular formula is C11H14O3. The third-order valence-electron chi connectivity index (χ3n) is 1.90. The summed E-state index contributed by atoms with van der Waals surface area (Å²) in [7, 11) is 0. The molecule has 1 unspecified atom stereocenters. The predicted octanol–water partition coefficient (Wildman–Crippen LogP) is 1.71. The normalized spacial score (nSPS) is 12.1. The summed E-state index contributed by atoms with van der Waals surface area (Å²) in [5.41, 5.74) is 0.737. The largest absolute Gasteiger partial charge is 0.494 e. The van der Waals surface area contributed by atoms with Crippen molar-refractivity contribution in [3.05, 3.63) is 29.8 Å². The van der Waals surface area contributed by atoms with Gasteiger partial charge in [0.1, 0.15) is 12.0 Å². The highest BCUT2D eigenvalue weighted by Gasteiger charge is 2.05. The second-order valence-corrected chi connectivity index (χ2v) is 2.92. The second-order valence-electron chi connectivity index (χ2n) is 2.92. The summed E-state index contributed by atoms with van der Waals surface area (Å²) in [6, 6.07) is 7.10. The van der Waals surface area contributed by atoms with Crippen molar-refractivity contribution in [2.24, 2.45) is 0 Å². The molecule has 1 N–H and O–H groups in total. The Balaban J connectivity index is 2.67. The van der Waals surface area contributed by atoms with Gasteiger partial charge in [-0.1, -0.05) is 12.1 Å². The number of benzene rings is 1. The molecule has 0 saturated heterocycles. The number of aliphatic hydroxyl groups excluding tert-OH is 1. The molecule has 1 aromatic rings. The van der Waals surface area contributed by atoms with Gasteiger partial charge >= 0.3 is 0 Å². The van der Waals surface area contributed by atoms with Crippen molar-refractivity contribution in [2.75, 3.05) is 6.61 Å². The molecule has 0 aliphatic carbocycles. The summed E-state index contributed by atoms with van der Waals surface area (Å²) < 4.78 is 5.25. The average molecular weight is 194 g/mol. The van der Waals surface area contributed by atoms with E-state index in [1.807, 2.05) is 6.92 Å². The van der Waals surface area contributed by atoms with Gasteiger partial charge in [-0.3, -0.25) is 0 Å². The minimum absolute atomic E-state index is 0.133. The zero-order valence-corrected chi connectivity index (χ0v) is 8.14. The van der Waals surface area contributed by atoms with Gasteiger partial charge in [-0.25, -0.2) is 0 Å². The Morgan fingerprint density at radius 3 is 2.57 bits per heavy atom. The lowest BCUT2D eigenvalue weighted by molar-refractivity contribution is -0.109. The smallest absolute Gasteiger partial charge is 0.122 e. The lowest BCUT2D eigenvalue weighted by atomic mass is 10.1. The van der Waals surface area contributed by atoms with Crippen LogP contribution in [0.15, 0.2) is 24.3 Å². The van der Waals surface area contributed by atoms with Crippen LogP contribution in [0, 0.1) is 0 Å². The molecule has 0 amide bonds. The monoisotopic (exact) mass is 194 g/mol. The van der Waals surface area contributed by atoms with E-state index in [0.717, 1.165) is 11.3 Å². The van der Waals surface area contributed by atoms with E-state index in [0.29, 0.717) is 12.9 Å². The Labute approximate surface area is 83.3 Å². The van der Waals surface area contributed by atoms with E-state index in [1.54, 1.807) is 24.3 Å². The minimum Gasteiger partial charge on any atom is -0.494 e. The van der Waals surface area contributed by atoms with Gasteiger partial charge in [-0.15, -0.1) is 0 Å². The first-order chi connectivity index (χ1) is 6.77. The number of aliphatic hydroxyl groups is 1. The molecule has 0 spiro atoms. The van der Waals surface area contributed by atoms with Gasteiger partial charge < -0.3 is 14.6 Å². The van der Waals surface area contributed by atoms with Crippen molar-refractivity contribution in [1.29, 1.82) is 0 Å². The zero-order chi connectivity index (χ0) is 10.4. The Bertz CT molecular complexity index is 279. The van der Waals surface area contributed by atoms with Crippen LogP contribution in [0.2, 0.25) is 0 Å². The van der Waals surface area contributed by atoms with E-state index in [4.69, 9.17) is 4.74 Å². The predicted molar refractivity (Wildman–Crippen MR) is 53.3 cm³/mol. The maximum atomic E-state index is 10.2. The molecule has 76 valence electrons. The first-order valence-electron chi connectivity index (χ1n) is 4.62. The molecule has 0 bridgehead atoms. The first-order valence-corrected chi connectivity index (χ1v) is 4.62. The molecule has 0 aliphatic heterocycles. The number of rotatable bonds is 5. The maximum Gasteiger partial charge on any atom is 0.122 e. The second kappa shape index (κ2) is 5.40. The van der Waals surface area contributed by atoms with Crippen molar-refractivity contribution in [2.45, 2.75) is 19.4 Å². The molecule has 3 heteroatoms. The Morgan fingerprint density at radius 1 is 1.43 bits per heavy atom. The van der Waals surface area contributed by atoms with E-state index >= 15 is 0 Å². The summed E-state index contributed by atoms with van der Waals surface area (Å²) in [6.45, 7) is 2.53. The lowest BCUT2D eigenvalue weighted by Crippen LogP contribution is -1.98. The van der Waals surface area contributed by atoms with Crippen LogP contribution >= 0.6 is 0 Å². The molecule has 3 nitrogen and oxygen atoms in total. The van der Waals surface area contributed by atoms with Gasteiger partial charge in [-0.2, -0.15) is 0 Å². The van der Waals surface area contributed by atoms with Crippen LogP contribution in [0.1, 0.15) is 25.0 Å². The quantitative estimate of drug-likeness (QED) is 0.726. The molecule has 14 heavy (non-hydrogen) atoms. The van der Waals surface area contributed by atoms with E-state index in [9.17, 15) is 9.90 Å². The van der Waals surface area contributed by atoms with Crippen LogP contribution in [0.5, 0.6) is 5.75 Å². The third kappa shape index (κ3) is 2.85. The summed E-state index contributed by atoms with van der Waals surface area (Å²) in [4.78, 5) is 10.2.